The van der Waals surface area contributed by atoms with Crippen LogP contribution in [0, 0.1) is 5.82 Å². The minimum atomic E-state index is -0.698. The zero-order chi connectivity index (χ0) is 18.5. The van der Waals surface area contributed by atoms with Gasteiger partial charge in [0.25, 0.3) is 0 Å². The third-order valence-corrected chi connectivity index (χ3v) is 5.02. The number of fused-ring (bicyclic) bond motifs is 1. The van der Waals surface area contributed by atoms with E-state index in [0.717, 1.165) is 5.56 Å². The van der Waals surface area contributed by atoms with Crippen molar-refractivity contribution in [2.45, 2.75) is 25.8 Å². The van der Waals surface area contributed by atoms with Crippen LogP contribution >= 0.6 is 15.9 Å². The van der Waals surface area contributed by atoms with Gasteiger partial charge < -0.3 is 5.32 Å². The SMILES string of the molecule is CC1(C)C(=O)Nc2nc(-c3ccn(Cc4ccccc4F)n3)nc(Br)c21. The molecule has 1 aliphatic rings. The molecule has 4 rings (SSSR count). The molecule has 1 aromatic carbocycles. The second-order valence-corrected chi connectivity index (χ2v) is 7.38. The number of carbonyl (C=O) groups excluding carboxylic acids is 1. The topological polar surface area (TPSA) is 72.7 Å². The molecular formula is C18H15BrFN5O. The molecule has 6 nitrogen and oxygen atoms in total. The summed E-state index contributed by atoms with van der Waals surface area (Å²) in [5.74, 6) is 0.484. The summed E-state index contributed by atoms with van der Waals surface area (Å²) in [5.41, 5.74) is 1.13. The first-order chi connectivity index (χ1) is 12.4. The third-order valence-electron chi connectivity index (χ3n) is 4.45. The van der Waals surface area contributed by atoms with Gasteiger partial charge in [-0.2, -0.15) is 5.10 Å². The van der Waals surface area contributed by atoms with E-state index < -0.39 is 5.41 Å². The molecule has 0 spiro atoms. The zero-order valence-corrected chi connectivity index (χ0v) is 15.7. The van der Waals surface area contributed by atoms with E-state index in [-0.39, 0.29) is 11.7 Å². The van der Waals surface area contributed by atoms with Crippen molar-refractivity contribution in [2.75, 3.05) is 5.32 Å². The number of carbonyl (C=O) groups is 1. The minimum Gasteiger partial charge on any atom is -0.310 e. The number of nitrogens with one attached hydrogen (secondary N) is 1. The second-order valence-electron chi connectivity index (χ2n) is 6.63. The van der Waals surface area contributed by atoms with E-state index in [4.69, 9.17) is 0 Å². The minimum absolute atomic E-state index is 0.121. The molecule has 0 aliphatic carbocycles. The van der Waals surface area contributed by atoms with E-state index in [1.54, 1.807) is 35.1 Å². The third kappa shape index (κ3) is 2.70. The number of hydrogen-bond acceptors (Lipinski definition) is 4. The lowest BCUT2D eigenvalue weighted by Crippen LogP contribution is -2.27. The molecule has 0 saturated carbocycles. The summed E-state index contributed by atoms with van der Waals surface area (Å²) in [5, 5.41) is 7.22. The second kappa shape index (κ2) is 5.98. The molecule has 1 N–H and O–H groups in total. The van der Waals surface area contributed by atoms with Crippen LogP contribution in [0.5, 0.6) is 0 Å². The van der Waals surface area contributed by atoms with Crippen LogP contribution in [-0.2, 0) is 16.8 Å². The van der Waals surface area contributed by atoms with E-state index in [9.17, 15) is 9.18 Å². The summed E-state index contributed by atoms with van der Waals surface area (Å²) >= 11 is 3.44. The Bertz CT molecular complexity index is 1030. The fraction of sp³-hybridized carbons (Fsp3) is 0.222. The highest BCUT2D eigenvalue weighted by molar-refractivity contribution is 9.10. The van der Waals surface area contributed by atoms with Crippen LogP contribution in [0.3, 0.4) is 0 Å². The summed E-state index contributed by atoms with van der Waals surface area (Å²) in [7, 11) is 0. The molecule has 0 fully saturated rings. The maximum Gasteiger partial charge on any atom is 0.235 e. The Balaban J connectivity index is 1.67. The van der Waals surface area contributed by atoms with E-state index >= 15 is 0 Å². The molecule has 1 amide bonds. The first-order valence-electron chi connectivity index (χ1n) is 8.03. The number of hydrogen-bond donors (Lipinski definition) is 1. The molecule has 8 heteroatoms. The van der Waals surface area contributed by atoms with Crippen molar-refractivity contribution in [3.8, 4) is 11.5 Å². The van der Waals surface area contributed by atoms with Gasteiger partial charge in [-0.3, -0.25) is 9.48 Å². The number of rotatable bonds is 3. The molecule has 3 heterocycles. The van der Waals surface area contributed by atoms with Crippen molar-refractivity contribution in [3.05, 3.63) is 58.1 Å². The molecular weight excluding hydrogens is 401 g/mol. The molecule has 0 bridgehead atoms. The Morgan fingerprint density at radius 2 is 2.00 bits per heavy atom. The highest BCUT2D eigenvalue weighted by Crippen LogP contribution is 2.40. The van der Waals surface area contributed by atoms with Gasteiger partial charge in [0.15, 0.2) is 5.82 Å². The van der Waals surface area contributed by atoms with Crippen molar-refractivity contribution < 1.29 is 9.18 Å². The fourth-order valence-electron chi connectivity index (χ4n) is 2.94. The molecule has 3 aromatic rings. The van der Waals surface area contributed by atoms with Crippen molar-refractivity contribution in [1.29, 1.82) is 0 Å². The number of halogens is 2. The van der Waals surface area contributed by atoms with E-state index in [1.165, 1.54) is 6.07 Å². The van der Waals surface area contributed by atoms with Crippen LogP contribution in [0.25, 0.3) is 11.5 Å². The van der Waals surface area contributed by atoms with Crippen LogP contribution < -0.4 is 5.32 Å². The van der Waals surface area contributed by atoms with Crippen LogP contribution in [0.15, 0.2) is 41.1 Å². The van der Waals surface area contributed by atoms with E-state index in [1.807, 2.05) is 13.8 Å². The molecule has 0 unspecified atom stereocenters. The lowest BCUT2D eigenvalue weighted by Gasteiger charge is -2.15. The van der Waals surface area contributed by atoms with Gasteiger partial charge in [0.2, 0.25) is 5.91 Å². The highest BCUT2D eigenvalue weighted by atomic mass is 79.9. The fourth-order valence-corrected chi connectivity index (χ4v) is 3.79. The van der Waals surface area contributed by atoms with Gasteiger partial charge in [0.05, 0.1) is 12.0 Å². The van der Waals surface area contributed by atoms with Gasteiger partial charge in [-0.15, -0.1) is 0 Å². The molecule has 0 atom stereocenters. The molecule has 1 aliphatic heterocycles. The normalized spacial score (nSPS) is 15.0. The quantitative estimate of drug-likeness (QED) is 0.664. The van der Waals surface area contributed by atoms with Gasteiger partial charge in [0, 0.05) is 17.3 Å². The number of anilines is 1. The number of amides is 1. The van der Waals surface area contributed by atoms with Gasteiger partial charge >= 0.3 is 0 Å². The first-order valence-corrected chi connectivity index (χ1v) is 8.82. The predicted octanol–water partition coefficient (Wildman–Crippen LogP) is 3.52. The summed E-state index contributed by atoms with van der Waals surface area (Å²) in [4.78, 5) is 21.0. The van der Waals surface area contributed by atoms with Gasteiger partial charge in [0.1, 0.15) is 21.9 Å². The van der Waals surface area contributed by atoms with Crippen LogP contribution in [0.1, 0.15) is 25.0 Å². The van der Waals surface area contributed by atoms with E-state index in [2.05, 4.69) is 36.3 Å². The van der Waals surface area contributed by atoms with Crippen LogP contribution in [0.4, 0.5) is 10.2 Å². The molecule has 0 radical (unpaired) electrons. The Hall–Kier alpha value is -2.61. The van der Waals surface area contributed by atoms with Crippen molar-refractivity contribution in [1.82, 2.24) is 19.7 Å². The van der Waals surface area contributed by atoms with Crippen molar-refractivity contribution in [2.24, 2.45) is 0 Å². The average molecular weight is 416 g/mol. The Kier molecular flexibility index (Phi) is 3.87. The summed E-state index contributed by atoms with van der Waals surface area (Å²) in [6.07, 6.45) is 1.74. The average Bonchev–Trinajstić information content (AvgIpc) is 3.13. The van der Waals surface area contributed by atoms with E-state index in [0.29, 0.717) is 34.0 Å². The largest absolute Gasteiger partial charge is 0.310 e. The Morgan fingerprint density at radius 1 is 1.23 bits per heavy atom. The lowest BCUT2D eigenvalue weighted by molar-refractivity contribution is -0.119. The maximum atomic E-state index is 13.8. The number of aromatic nitrogens is 4. The summed E-state index contributed by atoms with van der Waals surface area (Å²) in [6, 6.07) is 8.34. The van der Waals surface area contributed by atoms with Crippen LogP contribution in [0.2, 0.25) is 0 Å². The van der Waals surface area contributed by atoms with Crippen molar-refractivity contribution >= 4 is 27.7 Å². The van der Waals surface area contributed by atoms with Crippen LogP contribution in [-0.4, -0.2) is 25.7 Å². The Labute approximate surface area is 157 Å². The maximum absolute atomic E-state index is 13.8. The summed E-state index contributed by atoms with van der Waals surface area (Å²) < 4.78 is 16.0. The Morgan fingerprint density at radius 3 is 2.77 bits per heavy atom. The smallest absolute Gasteiger partial charge is 0.235 e. The highest BCUT2D eigenvalue weighted by Gasteiger charge is 2.42. The zero-order valence-electron chi connectivity index (χ0n) is 14.1. The predicted molar refractivity (Wildman–Crippen MR) is 98.1 cm³/mol. The standard InChI is InChI=1S/C18H15BrFN5O/c1-18(2)13-14(19)21-15(22-16(13)23-17(18)26)12-7-8-25(24-12)9-10-5-3-4-6-11(10)20/h3-8H,9H2,1-2H3,(H,21,22,23,26). The molecule has 2 aromatic heterocycles. The molecule has 26 heavy (non-hydrogen) atoms. The number of benzene rings is 1. The summed E-state index contributed by atoms with van der Waals surface area (Å²) in [6.45, 7) is 3.96. The van der Waals surface area contributed by atoms with Gasteiger partial charge in [-0.25, -0.2) is 14.4 Å². The molecule has 132 valence electrons. The van der Waals surface area contributed by atoms with Gasteiger partial charge in [-0.05, 0) is 41.9 Å². The first kappa shape index (κ1) is 16.8. The number of nitrogens with zero attached hydrogens (tertiary/aromatic N) is 4. The van der Waals surface area contributed by atoms with Gasteiger partial charge in [-0.1, -0.05) is 18.2 Å². The molecule has 0 saturated heterocycles. The lowest BCUT2D eigenvalue weighted by atomic mass is 9.88. The van der Waals surface area contributed by atoms with Crippen molar-refractivity contribution in [3.63, 3.8) is 0 Å². The monoisotopic (exact) mass is 415 g/mol.